The number of carbonyl (C=O) groups excluding carboxylic acids is 3. The molecule has 2 aromatic rings. The van der Waals surface area contributed by atoms with Crippen LogP contribution in [0.5, 0.6) is 5.75 Å². The molecule has 1 N–H and O–H groups in total. The van der Waals surface area contributed by atoms with E-state index in [-0.39, 0.29) is 17.4 Å². The number of nitrogens with one attached hydrogen (secondary N) is 1. The van der Waals surface area contributed by atoms with E-state index in [1.165, 1.54) is 12.0 Å². The Hall–Kier alpha value is -3.09. The molecule has 1 atom stereocenters. The van der Waals surface area contributed by atoms with Crippen LogP contribution in [0.3, 0.4) is 0 Å². The Morgan fingerprint density at radius 3 is 2.21 bits per heavy atom. The maximum Gasteiger partial charge on any atom is 0.354 e. The molecule has 0 bridgehead atoms. The molecule has 1 heterocycles. The highest BCUT2D eigenvalue weighted by molar-refractivity contribution is 6.07. The number of aromatic nitrogens is 1. The lowest BCUT2D eigenvalue weighted by Crippen LogP contribution is -2.43. The van der Waals surface area contributed by atoms with Crippen molar-refractivity contribution in [3.63, 3.8) is 0 Å². The van der Waals surface area contributed by atoms with Gasteiger partial charge in [-0.1, -0.05) is 0 Å². The predicted molar refractivity (Wildman–Crippen MR) is 105 cm³/mol. The maximum atomic E-state index is 13.2. The van der Waals surface area contributed by atoms with Crippen molar-refractivity contribution in [3.05, 3.63) is 52.3 Å². The Bertz CT molecular complexity index is 883. The second-order valence-corrected chi connectivity index (χ2v) is 6.48. The fraction of sp³-hybridized carbons (Fsp3) is 0.381. The van der Waals surface area contributed by atoms with Crippen LogP contribution in [0.1, 0.15) is 56.3 Å². The van der Waals surface area contributed by atoms with Crippen LogP contribution in [0.4, 0.5) is 0 Å². The maximum absolute atomic E-state index is 13.2. The minimum Gasteiger partial charge on any atom is -0.497 e. The zero-order valence-electron chi connectivity index (χ0n) is 17.1. The topological polar surface area (TPSA) is 88.7 Å². The Morgan fingerprint density at radius 1 is 1.11 bits per heavy atom. The molecule has 0 fully saturated rings. The molecule has 7 heteroatoms. The van der Waals surface area contributed by atoms with Gasteiger partial charge >= 0.3 is 5.97 Å². The van der Waals surface area contributed by atoms with E-state index < -0.39 is 12.0 Å². The number of carbonyl (C=O) groups is 3. The van der Waals surface area contributed by atoms with Gasteiger partial charge in [-0.05, 0) is 57.5 Å². The lowest BCUT2D eigenvalue weighted by molar-refractivity contribution is 0.0593. The van der Waals surface area contributed by atoms with Crippen molar-refractivity contribution >= 4 is 17.7 Å². The number of esters is 1. The van der Waals surface area contributed by atoms with E-state index in [4.69, 9.17) is 9.47 Å². The van der Waals surface area contributed by atoms with Crippen molar-refractivity contribution < 1.29 is 23.9 Å². The number of benzene rings is 1. The molecule has 7 nitrogen and oxygen atoms in total. The molecule has 1 amide bonds. The van der Waals surface area contributed by atoms with Crippen LogP contribution in [0.2, 0.25) is 0 Å². The first-order chi connectivity index (χ1) is 13.3. The van der Waals surface area contributed by atoms with Gasteiger partial charge in [0, 0.05) is 23.4 Å². The van der Waals surface area contributed by atoms with E-state index in [9.17, 15) is 14.4 Å². The summed E-state index contributed by atoms with van der Waals surface area (Å²) in [5.41, 5.74) is 2.23. The number of ketones is 1. The quantitative estimate of drug-likeness (QED) is 0.583. The first kappa shape index (κ1) is 21.2. The summed E-state index contributed by atoms with van der Waals surface area (Å²) < 4.78 is 9.87. The van der Waals surface area contributed by atoms with E-state index in [0.29, 0.717) is 34.7 Å². The fourth-order valence-electron chi connectivity index (χ4n) is 3.27. The molecule has 0 saturated heterocycles. The third-order valence-electron chi connectivity index (χ3n) is 4.86. The van der Waals surface area contributed by atoms with Crippen molar-refractivity contribution in [2.24, 2.45) is 0 Å². The number of hydrogen-bond donors (Lipinski definition) is 1. The number of Topliss-reactive ketones (excluding diaryl/α,β-unsaturated/α-hetero) is 1. The normalized spacial score (nSPS) is 11.6. The Balaban J connectivity index is 2.33. The molecule has 28 heavy (non-hydrogen) atoms. The Morgan fingerprint density at radius 2 is 1.71 bits per heavy atom. The molecule has 0 aliphatic heterocycles. The molecule has 0 saturated carbocycles. The third-order valence-corrected chi connectivity index (χ3v) is 4.86. The van der Waals surface area contributed by atoms with Gasteiger partial charge in [-0.3, -0.25) is 9.59 Å². The van der Waals surface area contributed by atoms with Crippen molar-refractivity contribution in [1.29, 1.82) is 0 Å². The highest BCUT2D eigenvalue weighted by atomic mass is 16.5. The number of aromatic amines is 1. The molecule has 1 aromatic carbocycles. The van der Waals surface area contributed by atoms with Gasteiger partial charge in [-0.25, -0.2) is 4.79 Å². The first-order valence-corrected chi connectivity index (χ1v) is 9.03. The number of aryl methyl sites for hydroxylation is 1. The minimum atomic E-state index is -0.696. The van der Waals surface area contributed by atoms with Crippen LogP contribution >= 0.6 is 0 Å². The molecule has 150 valence electrons. The van der Waals surface area contributed by atoms with Gasteiger partial charge in [0.2, 0.25) is 0 Å². The third kappa shape index (κ3) is 3.93. The van der Waals surface area contributed by atoms with Crippen LogP contribution in [-0.4, -0.2) is 54.3 Å². The Labute approximate surface area is 164 Å². The average molecular weight is 386 g/mol. The SMILES string of the molecule is CCN(C(=O)c1ccc(OC)cc1)C(C)C(=O)c1c(C)[nH]c(C(=O)OC)c1C. The van der Waals surface area contributed by atoms with E-state index in [1.807, 2.05) is 6.92 Å². The van der Waals surface area contributed by atoms with Gasteiger partial charge in [-0.2, -0.15) is 0 Å². The zero-order valence-corrected chi connectivity index (χ0v) is 17.1. The predicted octanol–water partition coefficient (Wildman–Crippen LogP) is 3.16. The van der Waals surface area contributed by atoms with Crippen LogP contribution in [0, 0.1) is 13.8 Å². The molecule has 2 rings (SSSR count). The summed E-state index contributed by atoms with van der Waals surface area (Å²) in [6, 6.07) is 6.05. The van der Waals surface area contributed by atoms with Crippen molar-refractivity contribution in [3.8, 4) is 5.75 Å². The summed E-state index contributed by atoms with van der Waals surface area (Å²) in [5.74, 6) is -0.359. The first-order valence-electron chi connectivity index (χ1n) is 9.03. The summed E-state index contributed by atoms with van der Waals surface area (Å²) in [4.78, 5) is 42.4. The second-order valence-electron chi connectivity index (χ2n) is 6.48. The fourth-order valence-corrected chi connectivity index (χ4v) is 3.27. The number of likely N-dealkylation sites (N-methyl/N-ethyl adjacent to an activating group) is 1. The zero-order chi connectivity index (χ0) is 21.0. The molecule has 0 aliphatic rings. The number of nitrogens with zero attached hydrogens (tertiary/aromatic N) is 1. The van der Waals surface area contributed by atoms with Crippen molar-refractivity contribution in [1.82, 2.24) is 9.88 Å². The molecule has 1 unspecified atom stereocenters. The number of H-pyrrole nitrogens is 1. The van der Waals surface area contributed by atoms with Crippen LogP contribution in [0.25, 0.3) is 0 Å². The van der Waals surface area contributed by atoms with E-state index >= 15 is 0 Å². The average Bonchev–Trinajstić information content (AvgIpc) is 3.01. The van der Waals surface area contributed by atoms with E-state index in [1.54, 1.807) is 52.1 Å². The number of rotatable bonds is 7. The lowest BCUT2D eigenvalue weighted by atomic mass is 9.99. The van der Waals surface area contributed by atoms with Crippen molar-refractivity contribution in [2.45, 2.75) is 33.7 Å². The van der Waals surface area contributed by atoms with E-state index in [2.05, 4.69) is 4.98 Å². The molecule has 0 spiro atoms. The number of hydrogen-bond acceptors (Lipinski definition) is 5. The monoisotopic (exact) mass is 386 g/mol. The Kier molecular flexibility index (Phi) is 6.62. The smallest absolute Gasteiger partial charge is 0.354 e. The van der Waals surface area contributed by atoms with Crippen LogP contribution in [0.15, 0.2) is 24.3 Å². The largest absolute Gasteiger partial charge is 0.497 e. The standard InChI is InChI=1S/C21H26N2O5/c1-7-23(20(25)15-8-10-16(27-5)11-9-15)14(4)19(24)17-12(2)18(21(26)28-6)22-13(17)3/h8-11,14,22H,7H2,1-6H3. The molecular weight excluding hydrogens is 360 g/mol. The summed E-state index contributed by atoms with van der Waals surface area (Å²) in [5, 5.41) is 0. The summed E-state index contributed by atoms with van der Waals surface area (Å²) in [7, 11) is 2.84. The van der Waals surface area contributed by atoms with Crippen molar-refractivity contribution in [2.75, 3.05) is 20.8 Å². The minimum absolute atomic E-state index is 0.231. The number of methoxy groups -OCH3 is 2. The number of ether oxygens (including phenoxy) is 2. The summed E-state index contributed by atoms with van der Waals surface area (Å²) in [6.45, 7) is 7.29. The molecule has 1 aromatic heterocycles. The van der Waals surface area contributed by atoms with Gasteiger partial charge in [-0.15, -0.1) is 0 Å². The molecule has 0 radical (unpaired) electrons. The highest BCUT2D eigenvalue weighted by Gasteiger charge is 2.30. The van der Waals surface area contributed by atoms with Crippen LogP contribution in [-0.2, 0) is 4.74 Å². The van der Waals surface area contributed by atoms with Gasteiger partial charge in [0.05, 0.1) is 20.3 Å². The van der Waals surface area contributed by atoms with E-state index in [0.717, 1.165) is 0 Å². The summed E-state index contributed by atoms with van der Waals surface area (Å²) in [6.07, 6.45) is 0. The van der Waals surface area contributed by atoms with Gasteiger partial charge < -0.3 is 19.4 Å². The van der Waals surface area contributed by atoms with Gasteiger partial charge in [0.15, 0.2) is 5.78 Å². The van der Waals surface area contributed by atoms with Crippen LogP contribution < -0.4 is 4.74 Å². The molecular formula is C21H26N2O5. The molecule has 0 aliphatic carbocycles. The second kappa shape index (κ2) is 8.73. The lowest BCUT2D eigenvalue weighted by Gasteiger charge is -2.27. The summed E-state index contributed by atoms with van der Waals surface area (Å²) >= 11 is 0. The number of amides is 1. The van der Waals surface area contributed by atoms with Gasteiger partial charge in [0.1, 0.15) is 11.4 Å². The van der Waals surface area contributed by atoms with Gasteiger partial charge in [0.25, 0.3) is 5.91 Å². The highest BCUT2D eigenvalue weighted by Crippen LogP contribution is 2.23.